The normalized spacial score (nSPS) is 49.7. The van der Waals surface area contributed by atoms with Crippen LogP contribution in [0.2, 0.25) is 0 Å². The maximum atomic E-state index is 12.2. The van der Waals surface area contributed by atoms with Gasteiger partial charge in [-0.15, -0.1) is 0 Å². The maximum absolute atomic E-state index is 12.2. The Morgan fingerprint density at radius 1 is 1.04 bits per heavy atom. The van der Waals surface area contributed by atoms with Crippen molar-refractivity contribution in [2.24, 2.45) is 40.4 Å². The highest BCUT2D eigenvalue weighted by atomic mass is 16.5. The number of esters is 1. The Morgan fingerprint density at radius 2 is 1.81 bits per heavy atom. The molecule has 8 atom stereocenters. The van der Waals surface area contributed by atoms with Gasteiger partial charge in [-0.1, -0.05) is 26.0 Å². The molecule has 4 aliphatic rings. The van der Waals surface area contributed by atoms with Crippen molar-refractivity contribution in [3.63, 3.8) is 0 Å². The van der Waals surface area contributed by atoms with Crippen LogP contribution in [0.15, 0.2) is 12.2 Å². The van der Waals surface area contributed by atoms with E-state index in [0.29, 0.717) is 29.0 Å². The molecule has 3 saturated carbocycles. The van der Waals surface area contributed by atoms with Crippen LogP contribution < -0.4 is 0 Å². The molecule has 0 N–H and O–H groups in total. The highest BCUT2D eigenvalue weighted by Crippen LogP contribution is 2.65. The van der Waals surface area contributed by atoms with Crippen molar-refractivity contribution in [2.75, 3.05) is 0 Å². The Morgan fingerprint density at radius 3 is 2.50 bits per heavy atom. The largest absolute Gasteiger partial charge is 0.463 e. The fourth-order valence-electron chi connectivity index (χ4n) is 7.58. The molecule has 144 valence electrons. The van der Waals surface area contributed by atoms with Gasteiger partial charge in [0.25, 0.3) is 0 Å². The second-order valence-corrected chi connectivity index (χ2v) is 10.0. The van der Waals surface area contributed by atoms with Gasteiger partial charge in [-0.25, -0.2) is 0 Å². The molecule has 0 spiro atoms. The van der Waals surface area contributed by atoms with Crippen LogP contribution in [-0.2, 0) is 14.3 Å². The third-order valence-electron chi connectivity index (χ3n) is 8.88. The number of hydrogen-bond acceptors (Lipinski definition) is 3. The second-order valence-electron chi connectivity index (χ2n) is 10.0. The zero-order chi connectivity index (χ0) is 18.7. The minimum atomic E-state index is -0.137. The summed E-state index contributed by atoms with van der Waals surface area (Å²) < 4.78 is 5.55. The van der Waals surface area contributed by atoms with Crippen molar-refractivity contribution < 1.29 is 14.3 Å². The zero-order valence-corrected chi connectivity index (χ0v) is 16.8. The summed E-state index contributed by atoms with van der Waals surface area (Å²) in [7, 11) is 0. The van der Waals surface area contributed by atoms with Crippen LogP contribution in [0.3, 0.4) is 0 Å². The number of carbonyl (C=O) groups is 2. The summed E-state index contributed by atoms with van der Waals surface area (Å²) in [5.74, 6) is 3.12. The average Bonchev–Trinajstić information content (AvgIpc) is 2.92. The number of carbonyl (C=O) groups excluding carboxylic acids is 2. The Hall–Kier alpha value is -1.12. The van der Waals surface area contributed by atoms with Gasteiger partial charge in [0.05, 0.1) is 0 Å². The lowest BCUT2D eigenvalue weighted by Gasteiger charge is -2.58. The smallest absolute Gasteiger partial charge is 0.302 e. The van der Waals surface area contributed by atoms with E-state index in [4.69, 9.17) is 4.74 Å². The number of fused-ring (bicyclic) bond motifs is 5. The average molecular weight is 359 g/mol. The summed E-state index contributed by atoms with van der Waals surface area (Å²) in [6.45, 7) is 8.14. The van der Waals surface area contributed by atoms with E-state index in [0.717, 1.165) is 31.6 Å². The first-order valence-electron chi connectivity index (χ1n) is 10.6. The first-order chi connectivity index (χ1) is 12.3. The summed E-state index contributed by atoms with van der Waals surface area (Å²) in [5, 5.41) is 0. The van der Waals surface area contributed by atoms with Gasteiger partial charge in [0.1, 0.15) is 11.9 Å². The molecule has 0 bridgehead atoms. The summed E-state index contributed by atoms with van der Waals surface area (Å²) in [4.78, 5) is 23.6. The van der Waals surface area contributed by atoms with Gasteiger partial charge >= 0.3 is 5.97 Å². The van der Waals surface area contributed by atoms with Crippen molar-refractivity contribution in [1.82, 2.24) is 0 Å². The lowest BCUT2D eigenvalue weighted by molar-refractivity contribution is -0.154. The van der Waals surface area contributed by atoms with Crippen molar-refractivity contribution in [2.45, 2.75) is 78.7 Å². The fraction of sp³-hybridized carbons (Fsp3) is 0.826. The maximum Gasteiger partial charge on any atom is 0.302 e. The van der Waals surface area contributed by atoms with Crippen LogP contribution in [0.1, 0.15) is 72.6 Å². The molecule has 0 amide bonds. The monoisotopic (exact) mass is 358 g/mol. The summed E-state index contributed by atoms with van der Waals surface area (Å²) >= 11 is 0. The Bertz CT molecular complexity index is 637. The standard InChI is InChI=1S/C23H34O3/c1-14(24)19-7-8-20-18-6-5-16-13-17(26-15(2)25)9-11-22(16,3)21(18)10-12-23(19,20)4/h10,12,16-21H,5-9,11,13H2,1-4H3/t16?,17?,18-,19+,20-,21-,22-,23+/m0/s1. The van der Waals surface area contributed by atoms with E-state index in [2.05, 4.69) is 26.0 Å². The molecule has 0 aromatic carbocycles. The summed E-state index contributed by atoms with van der Waals surface area (Å²) in [6.07, 6.45) is 13.0. The summed E-state index contributed by atoms with van der Waals surface area (Å²) in [6, 6.07) is 0. The van der Waals surface area contributed by atoms with Crippen LogP contribution in [0.4, 0.5) is 0 Å². The van der Waals surface area contributed by atoms with Crippen LogP contribution in [0, 0.1) is 40.4 Å². The first-order valence-corrected chi connectivity index (χ1v) is 10.6. The number of allylic oxidation sites excluding steroid dienone is 2. The molecule has 4 aliphatic carbocycles. The lowest BCUT2D eigenvalue weighted by Crippen LogP contribution is -2.52. The van der Waals surface area contributed by atoms with Gasteiger partial charge in [0.15, 0.2) is 0 Å². The molecule has 0 aromatic heterocycles. The number of ether oxygens (including phenoxy) is 1. The van der Waals surface area contributed by atoms with Gasteiger partial charge < -0.3 is 4.74 Å². The highest BCUT2D eigenvalue weighted by molar-refractivity contribution is 5.80. The van der Waals surface area contributed by atoms with E-state index in [-0.39, 0.29) is 23.4 Å². The van der Waals surface area contributed by atoms with Gasteiger partial charge in [0.2, 0.25) is 0 Å². The molecule has 3 heteroatoms. The predicted octanol–water partition coefficient (Wildman–Crippen LogP) is 4.94. The fourth-order valence-corrected chi connectivity index (χ4v) is 7.58. The van der Waals surface area contributed by atoms with E-state index < -0.39 is 0 Å². The minimum Gasteiger partial charge on any atom is -0.463 e. The molecule has 4 rings (SSSR count). The SMILES string of the molecule is CC(=O)OC1CC[C@@]2(C)C(CC[C@H]3[C@@H]4CC[C@H](C(C)=O)[C@@]4(C)C=C[C@@H]32)C1. The second kappa shape index (κ2) is 6.21. The van der Waals surface area contributed by atoms with Crippen LogP contribution in [0.5, 0.6) is 0 Å². The van der Waals surface area contributed by atoms with E-state index in [9.17, 15) is 9.59 Å². The van der Waals surface area contributed by atoms with Gasteiger partial charge in [-0.05, 0) is 86.4 Å². The van der Waals surface area contributed by atoms with Crippen molar-refractivity contribution in [3.05, 3.63) is 12.2 Å². The molecule has 0 aliphatic heterocycles. The molecule has 2 unspecified atom stereocenters. The number of Topliss-reactive ketones (excluding diaryl/α,β-unsaturated/α-hetero) is 1. The van der Waals surface area contributed by atoms with E-state index in [1.165, 1.54) is 26.2 Å². The van der Waals surface area contributed by atoms with Crippen molar-refractivity contribution in [3.8, 4) is 0 Å². The highest BCUT2D eigenvalue weighted by Gasteiger charge is 2.59. The van der Waals surface area contributed by atoms with E-state index in [1.807, 2.05) is 0 Å². The van der Waals surface area contributed by atoms with E-state index >= 15 is 0 Å². The Labute approximate surface area is 157 Å². The Kier molecular flexibility index (Phi) is 4.36. The van der Waals surface area contributed by atoms with Crippen molar-refractivity contribution in [1.29, 1.82) is 0 Å². The lowest BCUT2D eigenvalue weighted by atomic mass is 9.46. The first kappa shape index (κ1) is 18.3. The van der Waals surface area contributed by atoms with Gasteiger partial charge in [0, 0.05) is 12.8 Å². The van der Waals surface area contributed by atoms with Gasteiger partial charge in [-0.2, -0.15) is 0 Å². The molecule has 3 fully saturated rings. The van der Waals surface area contributed by atoms with Crippen LogP contribution in [0.25, 0.3) is 0 Å². The number of ketones is 1. The van der Waals surface area contributed by atoms with Gasteiger partial charge in [-0.3, -0.25) is 9.59 Å². The molecule has 0 aromatic rings. The minimum absolute atomic E-state index is 0.0745. The molecule has 26 heavy (non-hydrogen) atoms. The number of rotatable bonds is 2. The van der Waals surface area contributed by atoms with Crippen LogP contribution in [-0.4, -0.2) is 17.9 Å². The molecule has 0 heterocycles. The predicted molar refractivity (Wildman–Crippen MR) is 101 cm³/mol. The zero-order valence-electron chi connectivity index (χ0n) is 16.8. The third-order valence-corrected chi connectivity index (χ3v) is 8.88. The van der Waals surface area contributed by atoms with Crippen LogP contribution >= 0.6 is 0 Å². The molecule has 3 nitrogen and oxygen atoms in total. The topological polar surface area (TPSA) is 43.4 Å². The molecular weight excluding hydrogens is 324 g/mol. The summed E-state index contributed by atoms with van der Waals surface area (Å²) in [5.41, 5.74) is 0.400. The molecule has 0 saturated heterocycles. The van der Waals surface area contributed by atoms with Crippen molar-refractivity contribution >= 4 is 11.8 Å². The molecule has 0 radical (unpaired) electrons. The van der Waals surface area contributed by atoms with E-state index in [1.54, 1.807) is 6.92 Å². The quantitative estimate of drug-likeness (QED) is 0.518. The third kappa shape index (κ3) is 2.60. The number of hydrogen-bond donors (Lipinski definition) is 0. The Balaban J connectivity index is 1.59. The molecular formula is C23H34O3.